The Labute approximate surface area is 85.1 Å². The highest BCUT2D eigenvalue weighted by Crippen LogP contribution is 2.27. The average Bonchev–Trinajstić information content (AvgIpc) is 2.67. The van der Waals surface area contributed by atoms with Crippen LogP contribution in [0.5, 0.6) is 0 Å². The summed E-state index contributed by atoms with van der Waals surface area (Å²) >= 11 is 1.41. The highest BCUT2D eigenvalue weighted by Gasteiger charge is 2.01. The molecule has 1 aromatic heterocycles. The number of thiophene rings is 1. The van der Waals surface area contributed by atoms with Crippen molar-refractivity contribution < 1.29 is 4.39 Å². The van der Waals surface area contributed by atoms with Gasteiger partial charge in [-0.05, 0) is 29.8 Å². The molecule has 0 saturated carbocycles. The minimum atomic E-state index is -0.245. The number of hydrogen-bond acceptors (Lipinski definition) is 2. The van der Waals surface area contributed by atoms with Crippen LogP contribution in [-0.2, 0) is 0 Å². The van der Waals surface area contributed by atoms with E-state index in [4.69, 9.17) is 5.26 Å². The average molecular weight is 203 g/mol. The number of nitrogens with zero attached hydrogens (tertiary/aromatic N) is 1. The van der Waals surface area contributed by atoms with Gasteiger partial charge in [0.05, 0.1) is 0 Å². The van der Waals surface area contributed by atoms with E-state index in [0.29, 0.717) is 4.88 Å². The fraction of sp³-hybridized carbons (Fsp3) is 0. The van der Waals surface area contributed by atoms with E-state index < -0.39 is 0 Å². The zero-order chi connectivity index (χ0) is 9.97. The smallest absolute Gasteiger partial charge is 0.123 e. The van der Waals surface area contributed by atoms with E-state index in [9.17, 15) is 4.39 Å². The number of benzene rings is 1. The van der Waals surface area contributed by atoms with Crippen LogP contribution in [0.15, 0.2) is 36.4 Å². The molecule has 2 aromatic rings. The molecule has 3 heteroatoms. The predicted molar refractivity (Wildman–Crippen MR) is 54.4 cm³/mol. The van der Waals surface area contributed by atoms with Crippen molar-refractivity contribution in [2.45, 2.75) is 0 Å². The van der Waals surface area contributed by atoms with Gasteiger partial charge in [-0.15, -0.1) is 11.3 Å². The Morgan fingerprint density at radius 3 is 2.36 bits per heavy atom. The standard InChI is InChI=1S/C11H6FNS/c12-9-3-1-8(2-4-9)11-6-5-10(7-13)14-11/h1-6H. The molecule has 1 aromatic carbocycles. The highest BCUT2D eigenvalue weighted by molar-refractivity contribution is 7.16. The summed E-state index contributed by atoms with van der Waals surface area (Å²) in [7, 11) is 0. The van der Waals surface area contributed by atoms with Gasteiger partial charge in [-0.25, -0.2) is 4.39 Å². The fourth-order valence-corrected chi connectivity index (χ4v) is 1.98. The Bertz CT molecular complexity index is 479. The van der Waals surface area contributed by atoms with Crippen molar-refractivity contribution in [2.75, 3.05) is 0 Å². The second-order valence-electron chi connectivity index (χ2n) is 2.78. The number of halogens is 1. The zero-order valence-electron chi connectivity index (χ0n) is 7.20. The van der Waals surface area contributed by atoms with Crippen LogP contribution in [0.1, 0.15) is 4.88 Å². The third-order valence-electron chi connectivity index (χ3n) is 1.84. The van der Waals surface area contributed by atoms with Gasteiger partial charge in [-0.3, -0.25) is 0 Å². The van der Waals surface area contributed by atoms with E-state index in [-0.39, 0.29) is 5.82 Å². The van der Waals surface area contributed by atoms with Gasteiger partial charge in [0.1, 0.15) is 16.8 Å². The molecule has 0 aliphatic carbocycles. The largest absolute Gasteiger partial charge is 0.207 e. The zero-order valence-corrected chi connectivity index (χ0v) is 8.01. The summed E-state index contributed by atoms with van der Waals surface area (Å²) in [5, 5.41) is 8.64. The van der Waals surface area contributed by atoms with Gasteiger partial charge in [0.2, 0.25) is 0 Å². The van der Waals surface area contributed by atoms with Crippen LogP contribution in [0.3, 0.4) is 0 Å². The van der Waals surface area contributed by atoms with Crippen molar-refractivity contribution in [1.29, 1.82) is 5.26 Å². The molecule has 0 radical (unpaired) electrons. The number of hydrogen-bond donors (Lipinski definition) is 0. The summed E-state index contributed by atoms with van der Waals surface area (Å²) < 4.78 is 12.6. The molecule has 0 N–H and O–H groups in total. The van der Waals surface area contributed by atoms with Crippen molar-refractivity contribution in [3.8, 4) is 16.5 Å². The normalized spacial score (nSPS) is 9.71. The van der Waals surface area contributed by atoms with Gasteiger partial charge in [-0.1, -0.05) is 12.1 Å². The maximum atomic E-state index is 12.6. The summed E-state index contributed by atoms with van der Waals surface area (Å²) in [4.78, 5) is 1.66. The molecule has 2 rings (SSSR count). The lowest BCUT2D eigenvalue weighted by molar-refractivity contribution is 0.628. The van der Waals surface area contributed by atoms with Crippen molar-refractivity contribution in [3.05, 3.63) is 47.1 Å². The molecule has 0 atom stereocenters. The fourth-order valence-electron chi connectivity index (χ4n) is 1.17. The van der Waals surface area contributed by atoms with Crippen molar-refractivity contribution in [3.63, 3.8) is 0 Å². The van der Waals surface area contributed by atoms with Gasteiger partial charge in [0, 0.05) is 4.88 Å². The third kappa shape index (κ3) is 1.66. The lowest BCUT2D eigenvalue weighted by Gasteiger charge is -1.95. The molecule has 14 heavy (non-hydrogen) atoms. The molecule has 0 fully saturated rings. The topological polar surface area (TPSA) is 23.8 Å². The molecule has 0 spiro atoms. The number of nitriles is 1. The molecule has 0 saturated heterocycles. The Kier molecular flexibility index (Phi) is 2.30. The van der Waals surface area contributed by atoms with Crippen LogP contribution in [0.4, 0.5) is 4.39 Å². The summed E-state index contributed by atoms with van der Waals surface area (Å²) in [6, 6.07) is 12.0. The SMILES string of the molecule is N#Cc1ccc(-c2ccc(F)cc2)s1. The van der Waals surface area contributed by atoms with E-state index in [1.54, 1.807) is 18.2 Å². The summed E-state index contributed by atoms with van der Waals surface area (Å²) in [5.74, 6) is -0.245. The van der Waals surface area contributed by atoms with Gasteiger partial charge in [-0.2, -0.15) is 5.26 Å². The van der Waals surface area contributed by atoms with Gasteiger partial charge in [0.15, 0.2) is 0 Å². The van der Waals surface area contributed by atoms with E-state index in [0.717, 1.165) is 10.4 Å². The van der Waals surface area contributed by atoms with Gasteiger partial charge < -0.3 is 0 Å². The molecule has 0 aliphatic rings. The van der Waals surface area contributed by atoms with Crippen LogP contribution in [0, 0.1) is 17.1 Å². The molecular formula is C11H6FNS. The first-order valence-electron chi connectivity index (χ1n) is 4.05. The van der Waals surface area contributed by atoms with E-state index in [1.807, 2.05) is 6.07 Å². The van der Waals surface area contributed by atoms with E-state index in [1.165, 1.54) is 23.5 Å². The van der Waals surface area contributed by atoms with Crippen LogP contribution in [0.25, 0.3) is 10.4 Å². The molecule has 0 amide bonds. The minimum Gasteiger partial charge on any atom is -0.207 e. The third-order valence-corrected chi connectivity index (χ3v) is 2.88. The Morgan fingerprint density at radius 2 is 1.79 bits per heavy atom. The predicted octanol–water partition coefficient (Wildman–Crippen LogP) is 3.43. The first-order valence-corrected chi connectivity index (χ1v) is 4.87. The molecule has 1 heterocycles. The first-order chi connectivity index (χ1) is 6.79. The van der Waals surface area contributed by atoms with Crippen molar-refractivity contribution in [1.82, 2.24) is 0 Å². The molecule has 0 unspecified atom stereocenters. The summed E-state index contributed by atoms with van der Waals surface area (Å²) in [6.45, 7) is 0. The molecule has 0 aliphatic heterocycles. The molecule has 68 valence electrons. The van der Waals surface area contributed by atoms with Crippen molar-refractivity contribution >= 4 is 11.3 Å². The Morgan fingerprint density at radius 1 is 1.07 bits per heavy atom. The van der Waals surface area contributed by atoms with Gasteiger partial charge >= 0.3 is 0 Å². The Hall–Kier alpha value is -1.66. The lowest BCUT2D eigenvalue weighted by atomic mass is 10.2. The van der Waals surface area contributed by atoms with Crippen LogP contribution in [-0.4, -0.2) is 0 Å². The van der Waals surface area contributed by atoms with E-state index in [2.05, 4.69) is 6.07 Å². The highest BCUT2D eigenvalue weighted by atomic mass is 32.1. The van der Waals surface area contributed by atoms with Crippen molar-refractivity contribution in [2.24, 2.45) is 0 Å². The molecular weight excluding hydrogens is 197 g/mol. The van der Waals surface area contributed by atoms with Crippen LogP contribution >= 0.6 is 11.3 Å². The summed E-state index contributed by atoms with van der Waals surface area (Å²) in [6.07, 6.45) is 0. The second kappa shape index (κ2) is 3.60. The maximum absolute atomic E-state index is 12.6. The quantitative estimate of drug-likeness (QED) is 0.696. The molecule has 0 bridgehead atoms. The summed E-state index contributed by atoms with van der Waals surface area (Å²) in [5.41, 5.74) is 0.943. The monoisotopic (exact) mass is 203 g/mol. The Balaban J connectivity index is 2.40. The van der Waals surface area contributed by atoms with Crippen LogP contribution in [0.2, 0.25) is 0 Å². The molecule has 1 nitrogen and oxygen atoms in total. The lowest BCUT2D eigenvalue weighted by Crippen LogP contribution is -1.73. The van der Waals surface area contributed by atoms with Crippen LogP contribution < -0.4 is 0 Å². The second-order valence-corrected chi connectivity index (χ2v) is 3.87. The van der Waals surface area contributed by atoms with E-state index >= 15 is 0 Å². The number of rotatable bonds is 1. The van der Waals surface area contributed by atoms with Gasteiger partial charge in [0.25, 0.3) is 0 Å². The maximum Gasteiger partial charge on any atom is 0.123 e. The minimum absolute atomic E-state index is 0.245. The first kappa shape index (κ1) is 8.92.